The number of hydrogen-bond donors (Lipinski definition) is 2. The zero-order valence-electron chi connectivity index (χ0n) is 11.3. The van der Waals surface area contributed by atoms with Crippen molar-refractivity contribution in [2.24, 2.45) is 0 Å². The van der Waals surface area contributed by atoms with Crippen molar-refractivity contribution in [3.63, 3.8) is 0 Å². The van der Waals surface area contributed by atoms with E-state index in [1.165, 1.54) is 17.7 Å². The lowest BCUT2D eigenvalue weighted by Gasteiger charge is -2.08. The number of nitrogen functional groups attached to an aromatic ring is 1. The summed E-state index contributed by atoms with van der Waals surface area (Å²) in [6.45, 7) is 2.54. The van der Waals surface area contributed by atoms with E-state index in [4.69, 9.17) is 5.73 Å². The summed E-state index contributed by atoms with van der Waals surface area (Å²) >= 11 is 0. The van der Waals surface area contributed by atoms with E-state index >= 15 is 0 Å². The Morgan fingerprint density at radius 1 is 1.25 bits per heavy atom. The Balaban J connectivity index is 1.92. The SMILES string of the molecule is Cc1cccc(CCNC(=O)c2ccc(F)cc2N)c1. The predicted molar refractivity (Wildman–Crippen MR) is 78.0 cm³/mol. The number of carbonyl (C=O) groups is 1. The van der Waals surface area contributed by atoms with Gasteiger partial charge in [-0.15, -0.1) is 0 Å². The molecule has 2 rings (SSSR count). The summed E-state index contributed by atoms with van der Waals surface area (Å²) in [4.78, 5) is 11.9. The van der Waals surface area contributed by atoms with Gasteiger partial charge < -0.3 is 11.1 Å². The van der Waals surface area contributed by atoms with Crippen LogP contribution in [0.25, 0.3) is 0 Å². The number of rotatable bonds is 4. The lowest BCUT2D eigenvalue weighted by Crippen LogP contribution is -2.26. The molecule has 0 aliphatic heterocycles. The molecule has 2 aromatic rings. The van der Waals surface area contributed by atoms with Crippen LogP contribution in [0.15, 0.2) is 42.5 Å². The van der Waals surface area contributed by atoms with Gasteiger partial charge in [0.2, 0.25) is 0 Å². The first-order chi connectivity index (χ1) is 9.56. The van der Waals surface area contributed by atoms with Gasteiger partial charge in [0.25, 0.3) is 5.91 Å². The Bertz CT molecular complexity index is 626. The topological polar surface area (TPSA) is 55.1 Å². The maximum atomic E-state index is 12.9. The maximum absolute atomic E-state index is 12.9. The molecule has 3 N–H and O–H groups in total. The van der Waals surface area contributed by atoms with Crippen LogP contribution in [0.1, 0.15) is 21.5 Å². The second-order valence-corrected chi connectivity index (χ2v) is 4.73. The fourth-order valence-electron chi connectivity index (χ4n) is 2.02. The first-order valence-electron chi connectivity index (χ1n) is 6.45. The molecule has 0 atom stereocenters. The zero-order valence-corrected chi connectivity index (χ0v) is 11.3. The second kappa shape index (κ2) is 6.19. The standard InChI is InChI=1S/C16H17FN2O/c1-11-3-2-4-12(9-11)7-8-19-16(20)14-6-5-13(17)10-15(14)18/h2-6,9-10H,7-8,18H2,1H3,(H,19,20). The molecule has 0 radical (unpaired) electrons. The Labute approximate surface area is 117 Å². The molecule has 104 valence electrons. The van der Waals surface area contributed by atoms with Crippen molar-refractivity contribution in [1.82, 2.24) is 5.32 Å². The summed E-state index contributed by atoms with van der Waals surface area (Å²) in [5.41, 5.74) is 8.43. The minimum absolute atomic E-state index is 0.151. The molecule has 0 saturated carbocycles. The van der Waals surface area contributed by atoms with Crippen molar-refractivity contribution in [2.75, 3.05) is 12.3 Å². The molecule has 2 aromatic carbocycles. The predicted octanol–water partition coefficient (Wildman–Crippen LogP) is 2.69. The van der Waals surface area contributed by atoms with E-state index < -0.39 is 5.82 Å². The second-order valence-electron chi connectivity index (χ2n) is 4.73. The number of hydrogen-bond acceptors (Lipinski definition) is 2. The molecule has 0 spiro atoms. The van der Waals surface area contributed by atoms with Crippen LogP contribution in [0.2, 0.25) is 0 Å². The van der Waals surface area contributed by atoms with Gasteiger partial charge in [0.05, 0.1) is 5.56 Å². The number of nitrogens with two attached hydrogens (primary N) is 1. The van der Waals surface area contributed by atoms with Crippen LogP contribution in [0.5, 0.6) is 0 Å². The summed E-state index contributed by atoms with van der Waals surface area (Å²) in [6, 6.07) is 11.9. The quantitative estimate of drug-likeness (QED) is 0.841. The van der Waals surface area contributed by atoms with Crippen LogP contribution in [0.3, 0.4) is 0 Å². The van der Waals surface area contributed by atoms with E-state index in [1.54, 1.807) is 0 Å². The Kier molecular flexibility index (Phi) is 4.35. The zero-order chi connectivity index (χ0) is 14.5. The van der Waals surface area contributed by atoms with E-state index in [0.717, 1.165) is 18.1 Å². The van der Waals surface area contributed by atoms with Crippen LogP contribution < -0.4 is 11.1 Å². The van der Waals surface area contributed by atoms with Gasteiger partial charge in [0.1, 0.15) is 5.82 Å². The van der Waals surface area contributed by atoms with Gasteiger partial charge in [-0.3, -0.25) is 4.79 Å². The molecule has 4 heteroatoms. The monoisotopic (exact) mass is 272 g/mol. The summed E-state index contributed by atoms with van der Waals surface area (Å²) in [5, 5.41) is 2.79. The van der Waals surface area contributed by atoms with Crippen LogP contribution in [0, 0.1) is 12.7 Å². The van der Waals surface area contributed by atoms with Crippen molar-refractivity contribution in [3.05, 3.63) is 65.0 Å². The highest BCUT2D eigenvalue weighted by atomic mass is 19.1. The lowest BCUT2D eigenvalue weighted by atomic mass is 10.1. The van der Waals surface area contributed by atoms with Crippen molar-refractivity contribution < 1.29 is 9.18 Å². The smallest absolute Gasteiger partial charge is 0.253 e. The van der Waals surface area contributed by atoms with Gasteiger partial charge in [0.15, 0.2) is 0 Å². The van der Waals surface area contributed by atoms with Crippen LogP contribution in [-0.4, -0.2) is 12.5 Å². The average Bonchev–Trinajstić information content (AvgIpc) is 2.38. The Morgan fingerprint density at radius 2 is 2.05 bits per heavy atom. The minimum atomic E-state index is -0.446. The number of nitrogens with one attached hydrogen (secondary N) is 1. The number of anilines is 1. The molecular weight excluding hydrogens is 255 g/mol. The Morgan fingerprint density at radius 3 is 2.75 bits per heavy atom. The average molecular weight is 272 g/mol. The van der Waals surface area contributed by atoms with Gasteiger partial charge in [0, 0.05) is 12.2 Å². The minimum Gasteiger partial charge on any atom is -0.398 e. The molecule has 20 heavy (non-hydrogen) atoms. The van der Waals surface area contributed by atoms with Crippen molar-refractivity contribution >= 4 is 11.6 Å². The summed E-state index contributed by atoms with van der Waals surface area (Å²) in [7, 11) is 0. The van der Waals surface area contributed by atoms with E-state index in [2.05, 4.69) is 11.4 Å². The number of benzene rings is 2. The highest BCUT2D eigenvalue weighted by Gasteiger charge is 2.09. The van der Waals surface area contributed by atoms with Gasteiger partial charge in [-0.25, -0.2) is 4.39 Å². The van der Waals surface area contributed by atoms with Gasteiger partial charge in [-0.2, -0.15) is 0 Å². The third kappa shape index (κ3) is 3.57. The molecule has 3 nitrogen and oxygen atoms in total. The van der Waals surface area contributed by atoms with Crippen LogP contribution >= 0.6 is 0 Å². The first-order valence-corrected chi connectivity index (χ1v) is 6.45. The molecule has 0 aromatic heterocycles. The molecule has 0 saturated heterocycles. The number of amides is 1. The number of halogens is 1. The van der Waals surface area contributed by atoms with Crippen molar-refractivity contribution in [1.29, 1.82) is 0 Å². The molecule has 0 aliphatic rings. The highest BCUT2D eigenvalue weighted by molar-refractivity contribution is 5.99. The van der Waals surface area contributed by atoms with E-state index in [0.29, 0.717) is 12.1 Å². The van der Waals surface area contributed by atoms with E-state index in [-0.39, 0.29) is 11.6 Å². The molecular formula is C16H17FN2O. The van der Waals surface area contributed by atoms with Crippen molar-refractivity contribution in [2.45, 2.75) is 13.3 Å². The summed E-state index contributed by atoms with van der Waals surface area (Å²) < 4.78 is 12.9. The summed E-state index contributed by atoms with van der Waals surface area (Å²) in [6.07, 6.45) is 0.745. The first kappa shape index (κ1) is 14.1. The van der Waals surface area contributed by atoms with Gasteiger partial charge in [-0.05, 0) is 37.1 Å². The Hall–Kier alpha value is -2.36. The molecule has 0 fully saturated rings. The van der Waals surface area contributed by atoms with Crippen molar-refractivity contribution in [3.8, 4) is 0 Å². The van der Waals surface area contributed by atoms with Crippen LogP contribution in [-0.2, 0) is 6.42 Å². The lowest BCUT2D eigenvalue weighted by molar-refractivity contribution is 0.0955. The molecule has 0 heterocycles. The molecule has 0 aliphatic carbocycles. The summed E-state index contributed by atoms with van der Waals surface area (Å²) in [5.74, 6) is -0.728. The van der Waals surface area contributed by atoms with Gasteiger partial charge >= 0.3 is 0 Å². The third-order valence-corrected chi connectivity index (χ3v) is 3.04. The fourth-order valence-corrected chi connectivity index (χ4v) is 2.02. The van der Waals surface area contributed by atoms with Gasteiger partial charge in [-0.1, -0.05) is 29.8 Å². The normalized spacial score (nSPS) is 10.3. The molecule has 0 unspecified atom stereocenters. The molecule has 1 amide bonds. The molecule has 0 bridgehead atoms. The van der Waals surface area contributed by atoms with Crippen LogP contribution in [0.4, 0.5) is 10.1 Å². The maximum Gasteiger partial charge on any atom is 0.253 e. The van der Waals surface area contributed by atoms with E-state index in [1.807, 2.05) is 25.1 Å². The third-order valence-electron chi connectivity index (χ3n) is 3.04. The number of aryl methyl sites for hydroxylation is 1. The largest absolute Gasteiger partial charge is 0.398 e. The number of carbonyl (C=O) groups excluding carboxylic acids is 1. The van der Waals surface area contributed by atoms with E-state index in [9.17, 15) is 9.18 Å². The highest BCUT2D eigenvalue weighted by Crippen LogP contribution is 2.13. The fraction of sp³-hybridized carbons (Fsp3) is 0.188.